The Bertz CT molecular complexity index is 584. The molecule has 7 nitrogen and oxygen atoms in total. The molecule has 2 aromatic heterocycles. The van der Waals surface area contributed by atoms with Gasteiger partial charge in [0, 0.05) is 25.2 Å². The Kier molecular flexibility index (Phi) is 5.06. The molecule has 0 saturated carbocycles. The molecule has 0 amide bonds. The van der Waals surface area contributed by atoms with Crippen LogP contribution in [0.3, 0.4) is 0 Å². The van der Waals surface area contributed by atoms with E-state index in [1.807, 2.05) is 11.7 Å². The Morgan fingerprint density at radius 3 is 2.48 bits per heavy atom. The van der Waals surface area contributed by atoms with Crippen LogP contribution in [0.5, 0.6) is 0 Å². The average Bonchev–Trinajstić information content (AvgIpc) is 2.93. The molecule has 7 heteroatoms. The summed E-state index contributed by atoms with van der Waals surface area (Å²) in [6.07, 6.45) is 2.86. The summed E-state index contributed by atoms with van der Waals surface area (Å²) in [5.41, 5.74) is 3.73. The zero-order valence-corrected chi connectivity index (χ0v) is 13.6. The number of nitrogens with zero attached hydrogens (tertiary/aromatic N) is 6. The van der Waals surface area contributed by atoms with Crippen LogP contribution in [-0.2, 0) is 26.9 Å². The van der Waals surface area contributed by atoms with Gasteiger partial charge in [-0.3, -0.25) is 4.68 Å². The van der Waals surface area contributed by atoms with Gasteiger partial charge in [0.05, 0.1) is 12.7 Å². The molecule has 21 heavy (non-hydrogen) atoms. The molecule has 0 radical (unpaired) electrons. The fraction of sp³-hybridized carbons (Fsp3) is 0.714. The summed E-state index contributed by atoms with van der Waals surface area (Å²) in [5, 5.41) is 20.2. The van der Waals surface area contributed by atoms with E-state index in [0.717, 1.165) is 37.3 Å². The van der Waals surface area contributed by atoms with Gasteiger partial charge in [0.25, 0.3) is 0 Å². The van der Waals surface area contributed by atoms with Gasteiger partial charge in [0.15, 0.2) is 5.82 Å². The van der Waals surface area contributed by atoms with Gasteiger partial charge >= 0.3 is 0 Å². The normalized spacial score (nSPS) is 12.8. The Labute approximate surface area is 125 Å². The van der Waals surface area contributed by atoms with Crippen LogP contribution in [0.1, 0.15) is 36.1 Å². The van der Waals surface area contributed by atoms with Crippen LogP contribution in [0.2, 0.25) is 0 Å². The van der Waals surface area contributed by atoms with Gasteiger partial charge in [0.2, 0.25) is 0 Å². The van der Waals surface area contributed by atoms with E-state index in [2.05, 4.69) is 46.6 Å². The molecule has 0 spiro atoms. The van der Waals surface area contributed by atoms with Crippen molar-refractivity contribution < 1.29 is 0 Å². The van der Waals surface area contributed by atoms with Gasteiger partial charge in [-0.05, 0) is 44.0 Å². The van der Waals surface area contributed by atoms with E-state index in [1.54, 1.807) is 7.05 Å². The maximum Gasteiger partial charge on any atom is 0.176 e. The van der Waals surface area contributed by atoms with Crippen LogP contribution in [0, 0.1) is 13.8 Å². The molecule has 0 aliphatic carbocycles. The summed E-state index contributed by atoms with van der Waals surface area (Å²) >= 11 is 0. The third-order valence-corrected chi connectivity index (χ3v) is 3.87. The third kappa shape index (κ3) is 3.87. The van der Waals surface area contributed by atoms with Crippen molar-refractivity contribution in [1.29, 1.82) is 0 Å². The van der Waals surface area contributed by atoms with Gasteiger partial charge < -0.3 is 5.32 Å². The smallest absolute Gasteiger partial charge is 0.176 e. The van der Waals surface area contributed by atoms with Crippen molar-refractivity contribution in [1.82, 2.24) is 35.3 Å². The highest BCUT2D eigenvalue weighted by Crippen LogP contribution is 2.15. The molecule has 1 N–H and O–H groups in total. The summed E-state index contributed by atoms with van der Waals surface area (Å²) in [6, 6.07) is 0.359. The summed E-state index contributed by atoms with van der Waals surface area (Å²) < 4.78 is 1.96. The number of tetrazole rings is 1. The van der Waals surface area contributed by atoms with Crippen molar-refractivity contribution in [2.75, 3.05) is 6.54 Å². The highest BCUT2D eigenvalue weighted by atomic mass is 15.6. The number of aryl methyl sites for hydroxylation is 3. The third-order valence-electron chi connectivity index (χ3n) is 3.87. The van der Waals surface area contributed by atoms with Crippen LogP contribution in [0.15, 0.2) is 0 Å². The van der Waals surface area contributed by atoms with Crippen molar-refractivity contribution in [2.45, 2.75) is 46.1 Å². The number of nitrogens with one attached hydrogen (secondary N) is 1. The van der Waals surface area contributed by atoms with Gasteiger partial charge in [0.1, 0.15) is 0 Å². The quantitative estimate of drug-likeness (QED) is 0.813. The predicted octanol–water partition coefficient (Wildman–Crippen LogP) is 0.714. The fourth-order valence-electron chi connectivity index (χ4n) is 2.69. The monoisotopic (exact) mass is 291 g/mol. The van der Waals surface area contributed by atoms with Gasteiger partial charge in [-0.15, -0.1) is 10.2 Å². The first-order valence-electron chi connectivity index (χ1n) is 7.46. The van der Waals surface area contributed by atoms with Crippen molar-refractivity contribution >= 4 is 0 Å². The lowest BCUT2D eigenvalue weighted by Gasteiger charge is -2.16. The average molecular weight is 291 g/mol. The molecule has 0 bridgehead atoms. The Morgan fingerprint density at radius 1 is 1.19 bits per heavy atom. The molecule has 116 valence electrons. The maximum absolute atomic E-state index is 4.48. The van der Waals surface area contributed by atoms with Crippen molar-refractivity contribution in [3.8, 4) is 0 Å². The fourth-order valence-corrected chi connectivity index (χ4v) is 2.69. The van der Waals surface area contributed by atoms with Crippen molar-refractivity contribution in [3.05, 3.63) is 22.8 Å². The Balaban J connectivity index is 1.99. The summed E-state index contributed by atoms with van der Waals surface area (Å²) in [7, 11) is 3.79. The topological polar surface area (TPSA) is 73.5 Å². The lowest BCUT2D eigenvalue weighted by atomic mass is 10.0. The van der Waals surface area contributed by atoms with Crippen LogP contribution in [-0.4, -0.2) is 42.6 Å². The van der Waals surface area contributed by atoms with E-state index in [9.17, 15) is 0 Å². The Morgan fingerprint density at radius 2 is 1.95 bits per heavy atom. The first-order chi connectivity index (χ1) is 10.0. The number of likely N-dealkylation sites (N-methyl/N-ethyl adjacent to an activating group) is 1. The molecular formula is C14H25N7. The lowest BCUT2D eigenvalue weighted by molar-refractivity contribution is 0.480. The largest absolute Gasteiger partial charge is 0.314 e. The summed E-state index contributed by atoms with van der Waals surface area (Å²) in [5.74, 6) is 0.795. The standard InChI is InChI=1S/C14H25N7/c1-6-15-12(9-14-16-19-21(5)18-14)7-8-13-10(2)17-20(4)11(13)3/h12,15H,6-9H2,1-5H3. The number of rotatable bonds is 7. The van der Waals surface area contributed by atoms with Gasteiger partial charge in [-0.1, -0.05) is 6.92 Å². The summed E-state index contributed by atoms with van der Waals surface area (Å²) in [4.78, 5) is 1.51. The number of hydrogen-bond donors (Lipinski definition) is 1. The molecular weight excluding hydrogens is 266 g/mol. The lowest BCUT2D eigenvalue weighted by Crippen LogP contribution is -2.32. The molecule has 0 saturated heterocycles. The van der Waals surface area contributed by atoms with E-state index in [-0.39, 0.29) is 0 Å². The summed E-state index contributed by atoms with van der Waals surface area (Å²) in [6.45, 7) is 7.27. The minimum atomic E-state index is 0.359. The van der Waals surface area contributed by atoms with Crippen LogP contribution >= 0.6 is 0 Å². The van der Waals surface area contributed by atoms with Crippen LogP contribution in [0.25, 0.3) is 0 Å². The second-order valence-corrected chi connectivity index (χ2v) is 5.47. The van der Waals surface area contributed by atoms with Crippen molar-refractivity contribution in [3.63, 3.8) is 0 Å². The van der Waals surface area contributed by atoms with E-state index in [1.165, 1.54) is 16.1 Å². The van der Waals surface area contributed by atoms with E-state index in [4.69, 9.17) is 0 Å². The van der Waals surface area contributed by atoms with Gasteiger partial charge in [-0.2, -0.15) is 9.90 Å². The molecule has 0 aromatic carbocycles. The SMILES string of the molecule is CCNC(CCc1c(C)nn(C)c1C)Cc1nnn(C)n1. The zero-order chi connectivity index (χ0) is 15.4. The maximum atomic E-state index is 4.48. The molecule has 2 aromatic rings. The van der Waals surface area contributed by atoms with E-state index >= 15 is 0 Å². The highest BCUT2D eigenvalue weighted by molar-refractivity contribution is 5.24. The first kappa shape index (κ1) is 15.6. The molecule has 0 aliphatic heterocycles. The molecule has 2 heterocycles. The van der Waals surface area contributed by atoms with E-state index in [0.29, 0.717) is 6.04 Å². The number of aromatic nitrogens is 6. The second kappa shape index (κ2) is 6.80. The molecule has 1 atom stereocenters. The van der Waals surface area contributed by atoms with Crippen molar-refractivity contribution in [2.24, 2.45) is 14.1 Å². The van der Waals surface area contributed by atoms with Crippen LogP contribution < -0.4 is 5.32 Å². The minimum Gasteiger partial charge on any atom is -0.314 e. The van der Waals surface area contributed by atoms with E-state index < -0.39 is 0 Å². The molecule has 2 rings (SSSR count). The van der Waals surface area contributed by atoms with Gasteiger partial charge in [-0.25, -0.2) is 0 Å². The molecule has 0 aliphatic rings. The molecule has 1 unspecified atom stereocenters. The molecule has 0 fully saturated rings. The zero-order valence-electron chi connectivity index (χ0n) is 13.6. The first-order valence-corrected chi connectivity index (χ1v) is 7.46. The Hall–Kier alpha value is -1.76. The predicted molar refractivity (Wildman–Crippen MR) is 81.0 cm³/mol. The minimum absolute atomic E-state index is 0.359. The highest BCUT2D eigenvalue weighted by Gasteiger charge is 2.15. The second-order valence-electron chi connectivity index (χ2n) is 5.47. The number of hydrogen-bond acceptors (Lipinski definition) is 5. The van der Waals surface area contributed by atoms with Crippen LogP contribution in [0.4, 0.5) is 0 Å².